The van der Waals surface area contributed by atoms with Crippen molar-refractivity contribution in [2.45, 2.75) is 13.0 Å². The van der Waals surface area contributed by atoms with E-state index in [2.05, 4.69) is 66.3 Å². The summed E-state index contributed by atoms with van der Waals surface area (Å²) in [6.07, 6.45) is 8.08. The predicted octanol–water partition coefficient (Wildman–Crippen LogP) is 3.69. The normalized spacial score (nSPS) is 14.0. The molecule has 1 amide bonds. The molecule has 3 heterocycles. The maximum Gasteiger partial charge on any atom is 0.248 e. The van der Waals surface area contributed by atoms with Gasteiger partial charge in [-0.15, -0.1) is 0 Å². The molecule has 234 valence electrons. The predicted molar refractivity (Wildman–Crippen MR) is 179 cm³/mol. The van der Waals surface area contributed by atoms with E-state index < -0.39 is 0 Å². The standard InChI is InChI=1S/C32H39N11O2/c1-21-15-22(10-13-26(21)45-29(33-2)16-27-35-20-37-42(27)7)38-32-30-24(34-19-36-32)11-12-25(39-28(44)9-8-14-40(3)4)31(30)43-17-23(18-43)41(5)6/h8-13,15-16,19-20,23H,2,14,17-18H2,1,3-7H3,(H,39,44)(H,34,36,38)/b9-8+,29-16+. The van der Waals surface area contributed by atoms with Crippen molar-refractivity contribution in [1.29, 1.82) is 0 Å². The van der Waals surface area contributed by atoms with Gasteiger partial charge < -0.3 is 30.1 Å². The third kappa shape index (κ3) is 7.33. The van der Waals surface area contributed by atoms with E-state index in [1.807, 2.05) is 62.3 Å². The molecule has 4 aromatic rings. The van der Waals surface area contributed by atoms with Gasteiger partial charge in [0.25, 0.3) is 0 Å². The van der Waals surface area contributed by atoms with Crippen LogP contribution in [0.1, 0.15) is 11.4 Å². The number of fused-ring (bicyclic) bond motifs is 1. The average Bonchev–Trinajstić information content (AvgIpc) is 3.37. The monoisotopic (exact) mass is 609 g/mol. The fraction of sp³-hybridized carbons (Fsp3) is 0.312. The number of aryl methyl sites for hydroxylation is 2. The molecule has 2 N–H and O–H groups in total. The first-order chi connectivity index (χ1) is 21.6. The van der Waals surface area contributed by atoms with Crippen molar-refractivity contribution in [3.05, 3.63) is 72.4 Å². The Bertz CT molecular complexity index is 1750. The van der Waals surface area contributed by atoms with Gasteiger partial charge >= 0.3 is 0 Å². The van der Waals surface area contributed by atoms with E-state index in [4.69, 9.17) is 4.74 Å². The van der Waals surface area contributed by atoms with Crippen molar-refractivity contribution in [1.82, 2.24) is 34.5 Å². The van der Waals surface area contributed by atoms with Crippen LogP contribution in [-0.4, -0.2) is 101 Å². The second kappa shape index (κ2) is 13.7. The Hall–Kier alpha value is -5.14. The van der Waals surface area contributed by atoms with Gasteiger partial charge in [-0.05, 0) is 77.7 Å². The molecule has 0 radical (unpaired) electrons. The van der Waals surface area contributed by atoms with Gasteiger partial charge in [-0.2, -0.15) is 5.10 Å². The highest BCUT2D eigenvalue weighted by Gasteiger charge is 2.32. The topological polar surface area (TPSA) is 129 Å². The van der Waals surface area contributed by atoms with Crippen molar-refractivity contribution in [3.8, 4) is 5.75 Å². The summed E-state index contributed by atoms with van der Waals surface area (Å²) in [6.45, 7) is 7.87. The number of ether oxygens (including phenoxy) is 1. The summed E-state index contributed by atoms with van der Waals surface area (Å²) in [5, 5.41) is 11.5. The third-order valence-electron chi connectivity index (χ3n) is 7.49. The smallest absolute Gasteiger partial charge is 0.248 e. The molecular weight excluding hydrogens is 570 g/mol. The molecule has 2 aromatic carbocycles. The van der Waals surface area contributed by atoms with Gasteiger partial charge in [0.15, 0.2) is 5.82 Å². The van der Waals surface area contributed by atoms with Gasteiger partial charge in [0.05, 0.1) is 22.3 Å². The van der Waals surface area contributed by atoms with E-state index in [0.29, 0.717) is 41.5 Å². The number of hydrogen-bond donors (Lipinski definition) is 2. The molecule has 1 fully saturated rings. The Labute approximate surface area is 262 Å². The quantitative estimate of drug-likeness (QED) is 0.139. The molecule has 5 rings (SSSR count). The highest BCUT2D eigenvalue weighted by molar-refractivity contribution is 6.10. The van der Waals surface area contributed by atoms with E-state index in [-0.39, 0.29) is 5.91 Å². The molecular formula is C32H39N11O2. The van der Waals surface area contributed by atoms with Gasteiger partial charge in [0.2, 0.25) is 11.8 Å². The first-order valence-corrected chi connectivity index (χ1v) is 14.5. The highest BCUT2D eigenvalue weighted by Crippen LogP contribution is 2.41. The SMILES string of the molecule is C=N/C(=C\c1ncnn1C)Oc1ccc(Nc2ncnc3ccc(NC(=O)/C=C/CN(C)C)c(N4CC(N(C)C)C4)c23)cc1C. The Morgan fingerprint density at radius 1 is 1.13 bits per heavy atom. The zero-order chi connectivity index (χ0) is 32.1. The zero-order valence-electron chi connectivity index (χ0n) is 26.5. The Morgan fingerprint density at radius 3 is 2.60 bits per heavy atom. The second-order valence-electron chi connectivity index (χ2n) is 11.3. The van der Waals surface area contributed by atoms with Gasteiger partial charge in [-0.3, -0.25) is 4.79 Å². The van der Waals surface area contributed by atoms with Crippen LogP contribution in [0.25, 0.3) is 17.0 Å². The van der Waals surface area contributed by atoms with E-state index in [0.717, 1.165) is 40.9 Å². The van der Waals surface area contributed by atoms with Gasteiger partial charge in [-0.25, -0.2) is 24.6 Å². The summed E-state index contributed by atoms with van der Waals surface area (Å²) in [5.41, 5.74) is 4.04. The average molecular weight is 610 g/mol. The number of anilines is 4. The van der Waals surface area contributed by atoms with Crippen molar-refractivity contribution < 1.29 is 9.53 Å². The second-order valence-corrected chi connectivity index (χ2v) is 11.3. The molecule has 0 aliphatic carbocycles. The number of benzene rings is 2. The molecule has 1 aliphatic rings. The van der Waals surface area contributed by atoms with E-state index in [9.17, 15) is 4.79 Å². The molecule has 0 spiro atoms. The Balaban J connectivity index is 1.46. The Morgan fingerprint density at radius 2 is 1.93 bits per heavy atom. The number of nitrogens with one attached hydrogen (secondary N) is 2. The molecule has 0 saturated carbocycles. The molecule has 0 unspecified atom stereocenters. The first kappa shape index (κ1) is 31.3. The van der Waals surface area contributed by atoms with Crippen LogP contribution in [-0.2, 0) is 11.8 Å². The fourth-order valence-corrected chi connectivity index (χ4v) is 4.91. The first-order valence-electron chi connectivity index (χ1n) is 14.5. The van der Waals surface area contributed by atoms with E-state index in [1.165, 1.54) is 6.33 Å². The lowest BCUT2D eigenvalue weighted by molar-refractivity contribution is -0.111. The minimum atomic E-state index is -0.193. The molecule has 13 nitrogen and oxygen atoms in total. The van der Waals surface area contributed by atoms with Gasteiger partial charge in [0, 0.05) is 50.6 Å². The maximum absolute atomic E-state index is 12.9. The van der Waals surface area contributed by atoms with Crippen LogP contribution in [0, 0.1) is 6.92 Å². The number of likely N-dealkylation sites (N-methyl/N-ethyl adjacent to an activating group) is 2. The largest absolute Gasteiger partial charge is 0.439 e. The zero-order valence-corrected chi connectivity index (χ0v) is 26.5. The van der Waals surface area contributed by atoms with Crippen molar-refractivity contribution in [3.63, 3.8) is 0 Å². The van der Waals surface area contributed by atoms with Gasteiger partial charge in [0.1, 0.15) is 24.2 Å². The van der Waals surface area contributed by atoms with E-state index in [1.54, 1.807) is 30.2 Å². The Kier molecular flexibility index (Phi) is 9.50. The number of aromatic nitrogens is 5. The van der Waals surface area contributed by atoms with Crippen LogP contribution in [0.5, 0.6) is 5.75 Å². The number of carbonyl (C=O) groups is 1. The summed E-state index contributed by atoms with van der Waals surface area (Å²) in [6, 6.07) is 9.96. The van der Waals surface area contributed by atoms with Crippen molar-refractivity contribution in [2.24, 2.45) is 12.0 Å². The molecule has 13 heteroatoms. The van der Waals surface area contributed by atoms with Crippen molar-refractivity contribution in [2.75, 3.05) is 63.4 Å². The minimum Gasteiger partial charge on any atom is -0.439 e. The van der Waals surface area contributed by atoms with Gasteiger partial charge in [-0.1, -0.05) is 6.08 Å². The summed E-state index contributed by atoms with van der Waals surface area (Å²) >= 11 is 0. The summed E-state index contributed by atoms with van der Waals surface area (Å²) in [4.78, 5) is 36.8. The van der Waals surface area contributed by atoms with Crippen LogP contribution in [0.4, 0.5) is 22.9 Å². The number of nitrogens with zero attached hydrogens (tertiary/aromatic N) is 9. The molecule has 45 heavy (non-hydrogen) atoms. The number of carbonyl (C=O) groups excluding carboxylic acids is 1. The van der Waals surface area contributed by atoms with Crippen LogP contribution >= 0.6 is 0 Å². The summed E-state index contributed by atoms with van der Waals surface area (Å²) in [5.74, 6) is 1.96. The molecule has 0 atom stereocenters. The third-order valence-corrected chi connectivity index (χ3v) is 7.49. The maximum atomic E-state index is 12.9. The number of rotatable bonds is 12. The summed E-state index contributed by atoms with van der Waals surface area (Å²) in [7, 11) is 9.86. The van der Waals surface area contributed by atoms with Crippen LogP contribution < -0.4 is 20.3 Å². The lowest BCUT2D eigenvalue weighted by Crippen LogP contribution is -2.57. The summed E-state index contributed by atoms with van der Waals surface area (Å²) < 4.78 is 7.65. The highest BCUT2D eigenvalue weighted by atomic mass is 16.5. The van der Waals surface area contributed by atoms with Crippen molar-refractivity contribution >= 4 is 52.5 Å². The molecule has 1 aliphatic heterocycles. The lowest BCUT2D eigenvalue weighted by Gasteiger charge is -2.45. The molecule has 2 aromatic heterocycles. The lowest BCUT2D eigenvalue weighted by atomic mass is 10.0. The molecule has 0 bridgehead atoms. The minimum absolute atomic E-state index is 0.193. The number of aliphatic imine (C=N–C) groups is 1. The van der Waals surface area contributed by atoms with E-state index >= 15 is 0 Å². The van der Waals surface area contributed by atoms with Crippen LogP contribution in [0.2, 0.25) is 0 Å². The van der Waals surface area contributed by atoms with Crippen LogP contribution in [0.15, 0.2) is 66.0 Å². The van der Waals surface area contributed by atoms with Crippen LogP contribution in [0.3, 0.4) is 0 Å². The fourth-order valence-electron chi connectivity index (χ4n) is 4.91. The number of amides is 1. The number of hydrogen-bond acceptors (Lipinski definition) is 11. The molecule has 1 saturated heterocycles.